The number of benzene rings is 1. The summed E-state index contributed by atoms with van der Waals surface area (Å²) in [6.45, 7) is 0.593. The summed E-state index contributed by atoms with van der Waals surface area (Å²) in [7, 11) is -1.90. The Hall–Kier alpha value is -0.960. The molecule has 8 heteroatoms. The number of hydrogen-bond donors (Lipinski definition) is 2. The van der Waals surface area contributed by atoms with Crippen molar-refractivity contribution in [3.05, 3.63) is 44.8 Å². The molecule has 0 saturated heterocycles. The van der Waals surface area contributed by atoms with Crippen LogP contribution in [0.4, 0.5) is 10.1 Å². The van der Waals surface area contributed by atoms with E-state index >= 15 is 0 Å². The molecule has 0 radical (unpaired) electrons. The molecule has 0 aliphatic carbocycles. The van der Waals surface area contributed by atoms with Crippen molar-refractivity contribution in [1.29, 1.82) is 0 Å². The first kappa shape index (κ1) is 15.4. The first-order chi connectivity index (χ1) is 9.42. The highest BCUT2D eigenvalue weighted by molar-refractivity contribution is 9.11. The fourth-order valence-corrected chi connectivity index (χ4v) is 5.32. The molecule has 20 heavy (non-hydrogen) atoms. The maximum absolute atomic E-state index is 12.8. The topological polar surface area (TPSA) is 58.2 Å². The standard InChI is InChI=1S/C12H12BrFN2O2S2/c1-15-7-10-6-11(12(13)19-10)20(17,18)16-9-4-2-8(14)3-5-9/h2-6,15-16H,7H2,1H3. The number of hydrogen-bond acceptors (Lipinski definition) is 4. The van der Waals surface area contributed by atoms with Crippen LogP contribution in [-0.4, -0.2) is 15.5 Å². The fraction of sp³-hybridized carbons (Fsp3) is 0.167. The third kappa shape index (κ3) is 3.57. The lowest BCUT2D eigenvalue weighted by atomic mass is 10.3. The average Bonchev–Trinajstić information content (AvgIpc) is 2.74. The minimum absolute atomic E-state index is 0.178. The first-order valence-corrected chi connectivity index (χ1v) is 8.73. The number of anilines is 1. The maximum Gasteiger partial charge on any atom is 0.263 e. The summed E-state index contributed by atoms with van der Waals surface area (Å²) in [6.07, 6.45) is 0. The highest BCUT2D eigenvalue weighted by atomic mass is 79.9. The zero-order valence-electron chi connectivity index (χ0n) is 10.5. The predicted molar refractivity (Wildman–Crippen MR) is 82.0 cm³/mol. The average molecular weight is 379 g/mol. The molecule has 1 heterocycles. The summed E-state index contributed by atoms with van der Waals surface area (Å²) < 4.78 is 40.3. The minimum Gasteiger partial charge on any atom is -0.315 e. The molecule has 2 rings (SSSR count). The van der Waals surface area contributed by atoms with Gasteiger partial charge in [-0.25, -0.2) is 12.8 Å². The molecule has 0 bridgehead atoms. The number of thiophene rings is 1. The van der Waals surface area contributed by atoms with Crippen LogP contribution in [0.15, 0.2) is 39.0 Å². The van der Waals surface area contributed by atoms with Gasteiger partial charge in [-0.2, -0.15) is 0 Å². The highest BCUT2D eigenvalue weighted by Gasteiger charge is 2.20. The second-order valence-electron chi connectivity index (χ2n) is 3.99. The lowest BCUT2D eigenvalue weighted by molar-refractivity contribution is 0.601. The molecular weight excluding hydrogens is 367 g/mol. The van der Waals surface area contributed by atoms with Gasteiger partial charge in [-0.3, -0.25) is 4.72 Å². The van der Waals surface area contributed by atoms with Gasteiger partial charge in [-0.1, -0.05) is 0 Å². The molecule has 0 atom stereocenters. The first-order valence-electron chi connectivity index (χ1n) is 5.63. The molecule has 0 unspecified atom stereocenters. The van der Waals surface area contributed by atoms with Crippen LogP contribution in [0.5, 0.6) is 0 Å². The van der Waals surface area contributed by atoms with Gasteiger partial charge in [0, 0.05) is 17.1 Å². The van der Waals surface area contributed by atoms with Crippen LogP contribution in [0, 0.1) is 5.82 Å². The van der Waals surface area contributed by atoms with Crippen LogP contribution in [0.2, 0.25) is 0 Å². The summed E-state index contributed by atoms with van der Waals surface area (Å²) in [5.74, 6) is -0.416. The highest BCUT2D eigenvalue weighted by Crippen LogP contribution is 2.32. The van der Waals surface area contributed by atoms with Gasteiger partial charge in [0.05, 0.1) is 3.79 Å². The Bertz CT molecular complexity index is 699. The van der Waals surface area contributed by atoms with E-state index in [2.05, 4.69) is 26.0 Å². The molecule has 1 aromatic carbocycles. The maximum atomic E-state index is 12.8. The van der Waals surface area contributed by atoms with E-state index in [4.69, 9.17) is 0 Å². The molecule has 0 saturated carbocycles. The van der Waals surface area contributed by atoms with E-state index in [1.807, 2.05) is 0 Å². The van der Waals surface area contributed by atoms with Gasteiger partial charge in [0.15, 0.2) is 0 Å². The zero-order chi connectivity index (χ0) is 14.8. The van der Waals surface area contributed by atoms with Crippen LogP contribution in [0.25, 0.3) is 0 Å². The normalized spacial score (nSPS) is 11.6. The van der Waals surface area contributed by atoms with E-state index in [0.717, 1.165) is 4.88 Å². The van der Waals surface area contributed by atoms with Crippen LogP contribution in [-0.2, 0) is 16.6 Å². The van der Waals surface area contributed by atoms with Gasteiger partial charge in [-0.05, 0) is 53.3 Å². The molecule has 0 fully saturated rings. The molecule has 1 aromatic heterocycles. The third-order valence-corrected chi connectivity index (χ3v) is 6.08. The quantitative estimate of drug-likeness (QED) is 0.839. The van der Waals surface area contributed by atoms with Gasteiger partial charge < -0.3 is 5.32 Å². The van der Waals surface area contributed by atoms with Crippen molar-refractivity contribution in [1.82, 2.24) is 5.32 Å². The Labute approximate surface area is 129 Å². The van der Waals surface area contributed by atoms with Crippen molar-refractivity contribution in [2.75, 3.05) is 11.8 Å². The summed E-state index contributed by atoms with van der Waals surface area (Å²) in [4.78, 5) is 1.08. The summed E-state index contributed by atoms with van der Waals surface area (Å²) in [6, 6.07) is 6.76. The van der Waals surface area contributed by atoms with Gasteiger partial charge in [0.1, 0.15) is 10.7 Å². The Balaban J connectivity index is 2.28. The molecule has 2 aromatic rings. The van der Waals surface area contributed by atoms with Crippen molar-refractivity contribution in [3.8, 4) is 0 Å². The van der Waals surface area contributed by atoms with Crippen molar-refractivity contribution in [3.63, 3.8) is 0 Å². The third-order valence-electron chi connectivity index (χ3n) is 2.44. The summed E-state index contributed by atoms with van der Waals surface area (Å²) in [5.41, 5.74) is 0.319. The van der Waals surface area contributed by atoms with Crippen LogP contribution >= 0.6 is 27.3 Å². The van der Waals surface area contributed by atoms with Crippen molar-refractivity contribution < 1.29 is 12.8 Å². The van der Waals surface area contributed by atoms with E-state index in [1.54, 1.807) is 13.1 Å². The Morgan fingerprint density at radius 1 is 1.30 bits per heavy atom. The van der Waals surface area contributed by atoms with E-state index in [9.17, 15) is 12.8 Å². The molecule has 108 valence electrons. The van der Waals surface area contributed by atoms with E-state index in [0.29, 0.717) is 16.0 Å². The molecule has 0 amide bonds. The number of sulfonamides is 1. The van der Waals surface area contributed by atoms with Gasteiger partial charge in [-0.15, -0.1) is 11.3 Å². The molecule has 0 aliphatic heterocycles. The minimum atomic E-state index is -3.69. The molecule has 0 aliphatic rings. The van der Waals surface area contributed by atoms with E-state index in [-0.39, 0.29) is 4.90 Å². The Morgan fingerprint density at radius 2 is 1.95 bits per heavy atom. The van der Waals surface area contributed by atoms with Gasteiger partial charge in [0.2, 0.25) is 0 Å². The fourth-order valence-electron chi connectivity index (χ4n) is 1.57. The van der Waals surface area contributed by atoms with Crippen LogP contribution in [0.1, 0.15) is 4.88 Å². The SMILES string of the molecule is CNCc1cc(S(=O)(=O)Nc2ccc(F)cc2)c(Br)s1. The summed E-state index contributed by atoms with van der Waals surface area (Å²) in [5, 5.41) is 2.96. The zero-order valence-corrected chi connectivity index (χ0v) is 13.7. The molecule has 4 nitrogen and oxygen atoms in total. The lowest BCUT2D eigenvalue weighted by Gasteiger charge is -2.06. The smallest absolute Gasteiger partial charge is 0.263 e. The Kier molecular flexibility index (Phi) is 4.79. The van der Waals surface area contributed by atoms with Crippen LogP contribution in [0.3, 0.4) is 0 Å². The Morgan fingerprint density at radius 3 is 2.55 bits per heavy atom. The molecular formula is C12H12BrFN2O2S2. The van der Waals surface area contributed by atoms with Crippen LogP contribution < -0.4 is 10.0 Å². The monoisotopic (exact) mass is 378 g/mol. The second-order valence-corrected chi connectivity index (χ2v) is 8.10. The molecule has 2 N–H and O–H groups in total. The molecule has 0 spiro atoms. The number of halogens is 2. The largest absolute Gasteiger partial charge is 0.315 e. The lowest BCUT2D eigenvalue weighted by Crippen LogP contribution is -2.12. The summed E-state index contributed by atoms with van der Waals surface area (Å²) >= 11 is 4.61. The predicted octanol–water partition coefficient (Wildman–Crippen LogP) is 3.17. The number of rotatable bonds is 5. The van der Waals surface area contributed by atoms with E-state index in [1.165, 1.54) is 35.6 Å². The van der Waals surface area contributed by atoms with Crippen molar-refractivity contribution >= 4 is 43.0 Å². The van der Waals surface area contributed by atoms with Gasteiger partial charge in [0.25, 0.3) is 10.0 Å². The number of nitrogens with one attached hydrogen (secondary N) is 2. The van der Waals surface area contributed by atoms with Gasteiger partial charge >= 0.3 is 0 Å². The second kappa shape index (κ2) is 6.21. The van der Waals surface area contributed by atoms with E-state index < -0.39 is 15.8 Å². The van der Waals surface area contributed by atoms with Crippen molar-refractivity contribution in [2.45, 2.75) is 11.4 Å². The van der Waals surface area contributed by atoms with Crippen molar-refractivity contribution in [2.24, 2.45) is 0 Å².